The molecule has 0 aromatic carbocycles. The van der Waals surface area contributed by atoms with Gasteiger partial charge in [-0.2, -0.15) is 0 Å². The summed E-state index contributed by atoms with van der Waals surface area (Å²) < 4.78 is 5.89. The van der Waals surface area contributed by atoms with Crippen molar-refractivity contribution in [1.82, 2.24) is 5.32 Å². The van der Waals surface area contributed by atoms with E-state index in [4.69, 9.17) is 4.74 Å². The molecule has 0 aliphatic rings. The number of nitrogens with one attached hydrogen (secondary N) is 1. The first-order valence-electron chi connectivity index (χ1n) is 24.7. The van der Waals surface area contributed by atoms with Crippen molar-refractivity contribution >= 4 is 11.9 Å². The molecule has 0 radical (unpaired) electrons. The standard InChI is InChI=1S/C51H95NO5/c1-4-7-10-13-16-19-22-23-24-25-26-29-32-35-38-41-44-51(56)57-47(42-39-36-33-30-27-20-17-14-11-8-5-2)45-50(55)52-48(46-53)49(54)43-40-37-34-31-28-21-18-15-12-9-6-3/h24-26,29-30,33,47-49,53-54H,4-23,27-28,31-32,34-46H2,1-3H3,(H,52,55)/b25-24+,29-26+,33-30-. The average Bonchev–Trinajstić information content (AvgIpc) is 3.20. The lowest BCUT2D eigenvalue weighted by Crippen LogP contribution is -2.46. The first-order valence-corrected chi connectivity index (χ1v) is 24.7. The van der Waals surface area contributed by atoms with Crippen LogP contribution in [0.1, 0.15) is 252 Å². The van der Waals surface area contributed by atoms with E-state index in [1.807, 2.05) is 0 Å². The van der Waals surface area contributed by atoms with Gasteiger partial charge in [-0.15, -0.1) is 0 Å². The van der Waals surface area contributed by atoms with Gasteiger partial charge in [0.2, 0.25) is 5.91 Å². The van der Waals surface area contributed by atoms with Crippen molar-refractivity contribution in [2.45, 2.75) is 270 Å². The van der Waals surface area contributed by atoms with Crippen molar-refractivity contribution in [3.05, 3.63) is 36.5 Å². The van der Waals surface area contributed by atoms with Gasteiger partial charge in [-0.05, 0) is 70.6 Å². The Hall–Kier alpha value is -1.92. The van der Waals surface area contributed by atoms with E-state index in [2.05, 4.69) is 62.5 Å². The molecular formula is C51H95NO5. The zero-order valence-electron chi connectivity index (χ0n) is 38.0. The van der Waals surface area contributed by atoms with Crippen LogP contribution in [0.4, 0.5) is 0 Å². The molecule has 6 heteroatoms. The molecule has 334 valence electrons. The zero-order valence-corrected chi connectivity index (χ0v) is 38.0. The summed E-state index contributed by atoms with van der Waals surface area (Å²) in [5, 5.41) is 23.7. The number of esters is 1. The van der Waals surface area contributed by atoms with E-state index < -0.39 is 18.2 Å². The van der Waals surface area contributed by atoms with Crippen LogP contribution in [0, 0.1) is 0 Å². The molecule has 57 heavy (non-hydrogen) atoms. The molecule has 0 saturated carbocycles. The molecule has 3 N–H and O–H groups in total. The second-order valence-corrected chi connectivity index (χ2v) is 16.9. The minimum absolute atomic E-state index is 0.0478. The number of allylic oxidation sites excluding steroid dienone is 6. The van der Waals surface area contributed by atoms with E-state index in [1.165, 1.54) is 135 Å². The normalized spacial score (nSPS) is 13.6. The highest BCUT2D eigenvalue weighted by Crippen LogP contribution is 2.17. The fraction of sp³-hybridized carbons (Fsp3) is 0.843. The predicted octanol–water partition coefficient (Wildman–Crippen LogP) is 14.5. The predicted molar refractivity (Wildman–Crippen MR) is 246 cm³/mol. The quantitative estimate of drug-likeness (QED) is 0.0247. The molecule has 6 nitrogen and oxygen atoms in total. The Morgan fingerprint density at radius 2 is 0.912 bits per heavy atom. The summed E-state index contributed by atoms with van der Waals surface area (Å²) in [6.45, 7) is 6.44. The van der Waals surface area contributed by atoms with Crippen LogP contribution in [0.5, 0.6) is 0 Å². The lowest BCUT2D eigenvalue weighted by molar-refractivity contribution is -0.151. The van der Waals surface area contributed by atoms with Crippen molar-refractivity contribution in [2.24, 2.45) is 0 Å². The van der Waals surface area contributed by atoms with Gasteiger partial charge in [0.1, 0.15) is 6.10 Å². The molecule has 0 saturated heterocycles. The Balaban J connectivity index is 4.61. The van der Waals surface area contributed by atoms with Crippen LogP contribution in [0.3, 0.4) is 0 Å². The summed E-state index contributed by atoms with van der Waals surface area (Å²) in [6, 6.07) is -0.712. The summed E-state index contributed by atoms with van der Waals surface area (Å²) in [5.74, 6) is -0.530. The summed E-state index contributed by atoms with van der Waals surface area (Å²) >= 11 is 0. The van der Waals surface area contributed by atoms with Gasteiger partial charge in [0.15, 0.2) is 0 Å². The number of aliphatic hydroxyl groups is 2. The highest BCUT2D eigenvalue weighted by molar-refractivity contribution is 5.77. The van der Waals surface area contributed by atoms with E-state index in [-0.39, 0.29) is 24.9 Å². The molecule has 0 aromatic heterocycles. The van der Waals surface area contributed by atoms with E-state index in [1.54, 1.807) is 0 Å². The monoisotopic (exact) mass is 802 g/mol. The largest absolute Gasteiger partial charge is 0.462 e. The van der Waals surface area contributed by atoms with Crippen LogP contribution in [0.2, 0.25) is 0 Å². The lowest BCUT2D eigenvalue weighted by atomic mass is 10.0. The number of rotatable bonds is 44. The average molecular weight is 802 g/mol. The first-order chi connectivity index (χ1) is 28.0. The third-order valence-corrected chi connectivity index (χ3v) is 11.2. The Bertz CT molecular complexity index is 946. The van der Waals surface area contributed by atoms with Gasteiger partial charge in [-0.3, -0.25) is 9.59 Å². The molecule has 0 aromatic rings. The van der Waals surface area contributed by atoms with Crippen molar-refractivity contribution in [3.63, 3.8) is 0 Å². The number of hydrogen-bond donors (Lipinski definition) is 3. The maximum absolute atomic E-state index is 13.1. The van der Waals surface area contributed by atoms with Crippen molar-refractivity contribution in [2.75, 3.05) is 6.61 Å². The summed E-state index contributed by atoms with van der Waals surface area (Å²) in [5.41, 5.74) is 0. The maximum atomic E-state index is 13.1. The number of unbranched alkanes of at least 4 members (excludes halogenated alkanes) is 27. The first kappa shape index (κ1) is 55.1. The molecule has 0 aliphatic carbocycles. The fourth-order valence-corrected chi connectivity index (χ4v) is 7.42. The second kappa shape index (κ2) is 45.2. The number of carbonyl (C=O) groups excluding carboxylic acids is 2. The smallest absolute Gasteiger partial charge is 0.306 e. The van der Waals surface area contributed by atoms with Gasteiger partial charge < -0.3 is 20.3 Å². The van der Waals surface area contributed by atoms with E-state index in [0.717, 1.165) is 70.6 Å². The van der Waals surface area contributed by atoms with Gasteiger partial charge >= 0.3 is 5.97 Å². The molecular weight excluding hydrogens is 707 g/mol. The third kappa shape index (κ3) is 40.6. The minimum atomic E-state index is -0.795. The van der Waals surface area contributed by atoms with Gasteiger partial charge in [0.05, 0.1) is 25.2 Å². The molecule has 0 fully saturated rings. The molecule has 3 unspecified atom stereocenters. The molecule has 0 spiro atoms. The molecule has 0 aliphatic heterocycles. The highest BCUT2D eigenvalue weighted by Gasteiger charge is 2.24. The van der Waals surface area contributed by atoms with Crippen LogP contribution in [0.25, 0.3) is 0 Å². The van der Waals surface area contributed by atoms with Crippen LogP contribution >= 0.6 is 0 Å². The van der Waals surface area contributed by atoms with Gasteiger partial charge in [-0.1, -0.05) is 205 Å². The number of ether oxygens (including phenoxy) is 1. The molecule has 0 rings (SSSR count). The second-order valence-electron chi connectivity index (χ2n) is 16.9. The Labute approximate surface area is 353 Å². The fourth-order valence-electron chi connectivity index (χ4n) is 7.42. The van der Waals surface area contributed by atoms with Crippen molar-refractivity contribution < 1.29 is 24.5 Å². The van der Waals surface area contributed by atoms with Crippen LogP contribution < -0.4 is 5.32 Å². The van der Waals surface area contributed by atoms with Crippen molar-refractivity contribution in [1.29, 1.82) is 0 Å². The Kier molecular flexibility index (Phi) is 43.6. The van der Waals surface area contributed by atoms with Gasteiger partial charge in [0.25, 0.3) is 0 Å². The van der Waals surface area contributed by atoms with Crippen LogP contribution in [-0.4, -0.2) is 46.9 Å². The maximum Gasteiger partial charge on any atom is 0.306 e. The summed E-state index contributed by atoms with van der Waals surface area (Å²) in [7, 11) is 0. The topological polar surface area (TPSA) is 95.9 Å². The number of hydrogen-bond acceptors (Lipinski definition) is 5. The molecule has 0 heterocycles. The van der Waals surface area contributed by atoms with E-state index in [9.17, 15) is 19.8 Å². The minimum Gasteiger partial charge on any atom is -0.462 e. The number of aliphatic hydroxyl groups excluding tert-OH is 2. The van der Waals surface area contributed by atoms with Crippen LogP contribution in [0.15, 0.2) is 36.5 Å². The van der Waals surface area contributed by atoms with E-state index in [0.29, 0.717) is 19.3 Å². The van der Waals surface area contributed by atoms with Gasteiger partial charge in [0, 0.05) is 6.42 Å². The molecule has 1 amide bonds. The SMILES string of the molecule is CCCCCCCC/C=C\CCCC(CC(=O)NC(CO)C(O)CCCCCCCCCCCCC)OC(=O)CCCCC/C=C/C=C/CCCCCCCCC. The lowest BCUT2D eigenvalue weighted by Gasteiger charge is -2.24. The summed E-state index contributed by atoms with van der Waals surface area (Å²) in [6.07, 6.45) is 52.1. The Morgan fingerprint density at radius 1 is 0.509 bits per heavy atom. The molecule has 3 atom stereocenters. The van der Waals surface area contributed by atoms with Crippen LogP contribution in [-0.2, 0) is 14.3 Å². The number of carbonyl (C=O) groups is 2. The summed E-state index contributed by atoms with van der Waals surface area (Å²) in [4.78, 5) is 26.0. The number of amides is 1. The zero-order chi connectivity index (χ0) is 41.7. The van der Waals surface area contributed by atoms with Crippen molar-refractivity contribution in [3.8, 4) is 0 Å². The third-order valence-electron chi connectivity index (χ3n) is 11.2. The Morgan fingerprint density at radius 3 is 1.39 bits per heavy atom. The van der Waals surface area contributed by atoms with Gasteiger partial charge in [-0.25, -0.2) is 0 Å². The highest BCUT2D eigenvalue weighted by atomic mass is 16.5. The molecule has 0 bridgehead atoms. The van der Waals surface area contributed by atoms with E-state index >= 15 is 0 Å².